The van der Waals surface area contributed by atoms with E-state index in [0.29, 0.717) is 0 Å². The number of hydrogen-bond donors (Lipinski definition) is 0. The van der Waals surface area contributed by atoms with E-state index in [9.17, 15) is 9.59 Å². The van der Waals surface area contributed by atoms with Gasteiger partial charge in [0.25, 0.3) is 0 Å². The molecule has 13 heavy (non-hydrogen) atoms. The second kappa shape index (κ2) is 2.69. The maximum absolute atomic E-state index is 11.3. The van der Waals surface area contributed by atoms with Crippen LogP contribution in [0.25, 0.3) is 0 Å². The van der Waals surface area contributed by atoms with Crippen molar-refractivity contribution in [3.8, 4) is 0 Å². The quantitative estimate of drug-likeness (QED) is 0.322. The molecule has 1 heterocycles. The first-order valence-corrected chi connectivity index (χ1v) is 4.53. The van der Waals surface area contributed by atoms with Gasteiger partial charge < -0.3 is 4.74 Å². The molecule has 0 bridgehead atoms. The molecule has 0 amide bonds. The highest BCUT2D eigenvalue weighted by atomic mass is 16.6. The van der Waals surface area contributed by atoms with Gasteiger partial charge in [0.05, 0.1) is 11.8 Å². The second-order valence-corrected chi connectivity index (χ2v) is 3.83. The number of esters is 2. The normalized spacial score (nSPS) is 33.4. The average Bonchev–Trinajstić information content (AvgIpc) is 2.35. The van der Waals surface area contributed by atoms with Crippen molar-refractivity contribution in [2.75, 3.05) is 0 Å². The summed E-state index contributed by atoms with van der Waals surface area (Å²) in [5.74, 6) is -1.16. The minimum absolute atomic E-state index is 0.198. The zero-order valence-corrected chi connectivity index (χ0v) is 7.79. The summed E-state index contributed by atoms with van der Waals surface area (Å²) in [4.78, 5) is 22.5. The molecule has 3 heteroatoms. The Bertz CT molecular complexity index is 314. The van der Waals surface area contributed by atoms with Crippen LogP contribution in [0.3, 0.4) is 0 Å². The van der Waals surface area contributed by atoms with E-state index in [1.165, 1.54) is 5.57 Å². The first-order chi connectivity index (χ1) is 6.11. The van der Waals surface area contributed by atoms with Gasteiger partial charge in [-0.05, 0) is 26.7 Å². The van der Waals surface area contributed by atoms with Gasteiger partial charge in [-0.15, -0.1) is 0 Å². The Morgan fingerprint density at radius 1 is 1.23 bits per heavy atom. The molecule has 1 aliphatic carbocycles. The number of carbonyl (C=O) groups excluding carboxylic acids is 2. The Labute approximate surface area is 76.8 Å². The molecule has 70 valence electrons. The Balaban J connectivity index is 2.40. The van der Waals surface area contributed by atoms with Gasteiger partial charge >= 0.3 is 11.9 Å². The Kier molecular flexibility index (Phi) is 1.75. The summed E-state index contributed by atoms with van der Waals surface area (Å²) >= 11 is 0. The van der Waals surface area contributed by atoms with Gasteiger partial charge in [0.1, 0.15) is 0 Å². The SMILES string of the molecule is CC1=C(C)[C@@H]2C(=O)OC(=O)[C@H]2CC1. The van der Waals surface area contributed by atoms with Crippen molar-refractivity contribution < 1.29 is 14.3 Å². The van der Waals surface area contributed by atoms with E-state index in [-0.39, 0.29) is 23.8 Å². The highest BCUT2D eigenvalue weighted by Gasteiger charge is 2.46. The third-order valence-corrected chi connectivity index (χ3v) is 3.13. The van der Waals surface area contributed by atoms with E-state index in [1.54, 1.807) is 0 Å². The molecule has 2 atom stereocenters. The second-order valence-electron chi connectivity index (χ2n) is 3.83. The topological polar surface area (TPSA) is 43.4 Å². The average molecular weight is 180 g/mol. The summed E-state index contributed by atoms with van der Waals surface area (Å²) in [5, 5.41) is 0. The monoisotopic (exact) mass is 180 g/mol. The number of fused-ring (bicyclic) bond motifs is 1. The van der Waals surface area contributed by atoms with Gasteiger partial charge in [0, 0.05) is 0 Å². The van der Waals surface area contributed by atoms with Gasteiger partial charge in [-0.1, -0.05) is 11.1 Å². The first-order valence-electron chi connectivity index (χ1n) is 4.53. The van der Waals surface area contributed by atoms with Crippen LogP contribution in [0.2, 0.25) is 0 Å². The fraction of sp³-hybridized carbons (Fsp3) is 0.600. The highest BCUT2D eigenvalue weighted by Crippen LogP contribution is 2.39. The first kappa shape index (κ1) is 8.48. The lowest BCUT2D eigenvalue weighted by Crippen LogP contribution is -2.23. The molecule has 0 aromatic rings. The summed E-state index contributed by atoms with van der Waals surface area (Å²) in [6.45, 7) is 3.94. The summed E-state index contributed by atoms with van der Waals surface area (Å²) in [6, 6.07) is 0. The Morgan fingerprint density at radius 3 is 2.62 bits per heavy atom. The fourth-order valence-electron chi connectivity index (χ4n) is 2.14. The summed E-state index contributed by atoms with van der Waals surface area (Å²) in [6.07, 6.45) is 1.67. The number of allylic oxidation sites excluding steroid dienone is 1. The van der Waals surface area contributed by atoms with E-state index in [0.717, 1.165) is 18.4 Å². The predicted octanol–water partition coefficient (Wildman–Crippen LogP) is 1.43. The molecule has 0 aromatic carbocycles. The van der Waals surface area contributed by atoms with E-state index < -0.39 is 0 Å². The molecule has 1 saturated heterocycles. The van der Waals surface area contributed by atoms with Crippen molar-refractivity contribution in [2.24, 2.45) is 11.8 Å². The summed E-state index contributed by atoms with van der Waals surface area (Å²) in [5.41, 5.74) is 2.26. The van der Waals surface area contributed by atoms with E-state index in [2.05, 4.69) is 4.74 Å². The minimum atomic E-state index is -0.355. The van der Waals surface area contributed by atoms with Crippen molar-refractivity contribution in [2.45, 2.75) is 26.7 Å². The van der Waals surface area contributed by atoms with Crippen LogP contribution in [0, 0.1) is 11.8 Å². The molecule has 1 aliphatic heterocycles. The third kappa shape index (κ3) is 1.10. The third-order valence-electron chi connectivity index (χ3n) is 3.13. The molecule has 2 aliphatic rings. The van der Waals surface area contributed by atoms with Gasteiger partial charge in [-0.2, -0.15) is 0 Å². The fourth-order valence-corrected chi connectivity index (χ4v) is 2.14. The number of cyclic esters (lactones) is 2. The Hall–Kier alpha value is -1.12. The molecule has 2 rings (SSSR count). The molecule has 0 N–H and O–H groups in total. The van der Waals surface area contributed by atoms with Crippen molar-refractivity contribution in [3.05, 3.63) is 11.1 Å². The lowest BCUT2D eigenvalue weighted by molar-refractivity contribution is -0.153. The molecule has 0 unspecified atom stereocenters. The lowest BCUT2D eigenvalue weighted by atomic mass is 9.77. The molecule has 0 radical (unpaired) electrons. The van der Waals surface area contributed by atoms with Crippen LogP contribution in [-0.2, 0) is 14.3 Å². The molecular formula is C10H12O3. The highest BCUT2D eigenvalue weighted by molar-refractivity contribution is 5.98. The smallest absolute Gasteiger partial charge is 0.321 e. The molecule has 0 spiro atoms. The molecular weight excluding hydrogens is 168 g/mol. The van der Waals surface area contributed by atoms with Crippen LogP contribution in [0.15, 0.2) is 11.1 Å². The number of hydrogen-bond acceptors (Lipinski definition) is 3. The van der Waals surface area contributed by atoms with E-state index >= 15 is 0 Å². The molecule has 0 saturated carbocycles. The number of rotatable bonds is 0. The summed E-state index contributed by atoms with van der Waals surface area (Å²) < 4.78 is 4.61. The van der Waals surface area contributed by atoms with Gasteiger partial charge in [0.15, 0.2) is 0 Å². The summed E-state index contributed by atoms with van der Waals surface area (Å²) in [7, 11) is 0. The van der Waals surface area contributed by atoms with E-state index in [1.807, 2.05) is 13.8 Å². The maximum Gasteiger partial charge on any atom is 0.321 e. The molecule has 3 nitrogen and oxygen atoms in total. The molecule has 0 aromatic heterocycles. The zero-order chi connectivity index (χ0) is 9.59. The van der Waals surface area contributed by atoms with Crippen LogP contribution in [-0.4, -0.2) is 11.9 Å². The number of ether oxygens (including phenoxy) is 1. The number of carbonyl (C=O) groups is 2. The van der Waals surface area contributed by atoms with Crippen LogP contribution in [0.1, 0.15) is 26.7 Å². The standard InChI is InChI=1S/C10H12O3/c1-5-3-4-7-8(6(5)2)10(12)13-9(7)11/h7-8H,3-4H2,1-2H3/t7-,8-/m0/s1. The van der Waals surface area contributed by atoms with Crippen LogP contribution in [0.4, 0.5) is 0 Å². The minimum Gasteiger partial charge on any atom is -0.392 e. The predicted molar refractivity (Wildman–Crippen MR) is 45.7 cm³/mol. The van der Waals surface area contributed by atoms with Crippen molar-refractivity contribution in [3.63, 3.8) is 0 Å². The van der Waals surface area contributed by atoms with Crippen molar-refractivity contribution in [1.82, 2.24) is 0 Å². The van der Waals surface area contributed by atoms with E-state index in [4.69, 9.17) is 0 Å². The maximum atomic E-state index is 11.3. The van der Waals surface area contributed by atoms with Crippen LogP contribution >= 0.6 is 0 Å². The van der Waals surface area contributed by atoms with Gasteiger partial charge in [-0.3, -0.25) is 9.59 Å². The largest absolute Gasteiger partial charge is 0.392 e. The lowest BCUT2D eigenvalue weighted by Gasteiger charge is -2.22. The van der Waals surface area contributed by atoms with Crippen molar-refractivity contribution >= 4 is 11.9 Å². The van der Waals surface area contributed by atoms with Crippen LogP contribution < -0.4 is 0 Å². The van der Waals surface area contributed by atoms with Gasteiger partial charge in [-0.25, -0.2) is 0 Å². The zero-order valence-electron chi connectivity index (χ0n) is 7.79. The Morgan fingerprint density at radius 2 is 1.92 bits per heavy atom. The van der Waals surface area contributed by atoms with Crippen molar-refractivity contribution in [1.29, 1.82) is 0 Å². The van der Waals surface area contributed by atoms with Gasteiger partial charge in [0.2, 0.25) is 0 Å². The van der Waals surface area contributed by atoms with Crippen LogP contribution in [0.5, 0.6) is 0 Å². The molecule has 1 fully saturated rings.